The summed E-state index contributed by atoms with van der Waals surface area (Å²) in [5.41, 5.74) is 3.11. The molecule has 4 heteroatoms. The lowest BCUT2D eigenvalue weighted by Gasteiger charge is -2.11. The van der Waals surface area contributed by atoms with E-state index in [4.69, 9.17) is 4.74 Å². The van der Waals surface area contributed by atoms with Gasteiger partial charge in [-0.25, -0.2) is 0 Å². The molecule has 21 heavy (non-hydrogen) atoms. The number of carbonyl (C=O) groups is 1. The van der Waals surface area contributed by atoms with E-state index >= 15 is 0 Å². The lowest BCUT2D eigenvalue weighted by atomic mass is 10.1. The number of carbonyl (C=O) groups excluding carboxylic acids is 1. The van der Waals surface area contributed by atoms with Gasteiger partial charge >= 0.3 is 0 Å². The zero-order chi connectivity index (χ0) is 14.9. The highest BCUT2D eigenvalue weighted by atomic mass is 16.5. The third kappa shape index (κ3) is 4.93. The number of rotatable bonds is 7. The van der Waals surface area contributed by atoms with Crippen LogP contribution in [0.25, 0.3) is 0 Å². The standard InChI is InChI=1S/C17H20N2O2/c1-21-13-15-8-6-5-7-14(15)11-19-17(20)12-18-16-9-3-2-4-10-16/h2-10,18H,11-13H2,1H3,(H,19,20). The average molecular weight is 284 g/mol. The molecule has 0 radical (unpaired) electrons. The normalized spacial score (nSPS) is 10.1. The second kappa shape index (κ2) is 8.07. The van der Waals surface area contributed by atoms with E-state index in [0.29, 0.717) is 13.2 Å². The molecule has 2 aromatic carbocycles. The molecular formula is C17H20N2O2. The summed E-state index contributed by atoms with van der Waals surface area (Å²) in [4.78, 5) is 11.9. The zero-order valence-electron chi connectivity index (χ0n) is 12.1. The Morgan fingerprint density at radius 2 is 1.67 bits per heavy atom. The molecule has 0 aromatic heterocycles. The molecule has 0 atom stereocenters. The van der Waals surface area contributed by atoms with Crippen molar-refractivity contribution in [2.75, 3.05) is 19.0 Å². The Kier molecular flexibility index (Phi) is 5.79. The van der Waals surface area contributed by atoms with E-state index in [1.165, 1.54) is 0 Å². The summed E-state index contributed by atoms with van der Waals surface area (Å²) in [7, 11) is 1.67. The Morgan fingerprint density at radius 3 is 2.38 bits per heavy atom. The Bertz CT molecular complexity index is 570. The van der Waals surface area contributed by atoms with E-state index < -0.39 is 0 Å². The number of nitrogens with one attached hydrogen (secondary N) is 2. The molecule has 0 aliphatic carbocycles. The molecule has 0 spiro atoms. The van der Waals surface area contributed by atoms with E-state index in [0.717, 1.165) is 16.8 Å². The first kappa shape index (κ1) is 15.1. The molecule has 2 N–H and O–H groups in total. The van der Waals surface area contributed by atoms with Gasteiger partial charge in [0.25, 0.3) is 0 Å². The quantitative estimate of drug-likeness (QED) is 0.821. The topological polar surface area (TPSA) is 50.4 Å². The summed E-state index contributed by atoms with van der Waals surface area (Å²) in [6, 6.07) is 17.6. The molecular weight excluding hydrogens is 264 g/mol. The minimum Gasteiger partial charge on any atom is -0.380 e. The first-order valence-corrected chi connectivity index (χ1v) is 6.91. The van der Waals surface area contributed by atoms with Crippen LogP contribution in [0.2, 0.25) is 0 Å². The molecule has 1 amide bonds. The fourth-order valence-electron chi connectivity index (χ4n) is 2.02. The smallest absolute Gasteiger partial charge is 0.239 e. The number of hydrogen-bond donors (Lipinski definition) is 2. The molecule has 2 aromatic rings. The maximum absolute atomic E-state index is 11.9. The minimum absolute atomic E-state index is 0.0360. The molecule has 0 bridgehead atoms. The Morgan fingerprint density at radius 1 is 1.00 bits per heavy atom. The van der Waals surface area contributed by atoms with Crippen molar-refractivity contribution < 1.29 is 9.53 Å². The summed E-state index contributed by atoms with van der Waals surface area (Å²) in [5, 5.41) is 5.99. The van der Waals surface area contributed by atoms with Gasteiger partial charge in [-0.05, 0) is 23.3 Å². The third-order valence-corrected chi connectivity index (χ3v) is 3.12. The molecule has 0 aliphatic rings. The molecule has 2 rings (SSSR count). The SMILES string of the molecule is COCc1ccccc1CNC(=O)CNc1ccccc1. The Labute approximate surface area is 125 Å². The van der Waals surface area contributed by atoms with E-state index in [9.17, 15) is 4.79 Å². The monoisotopic (exact) mass is 284 g/mol. The van der Waals surface area contributed by atoms with E-state index in [1.54, 1.807) is 7.11 Å². The summed E-state index contributed by atoms with van der Waals surface area (Å²) >= 11 is 0. The lowest BCUT2D eigenvalue weighted by molar-refractivity contribution is -0.119. The second-order valence-corrected chi connectivity index (χ2v) is 4.70. The van der Waals surface area contributed by atoms with Crippen molar-refractivity contribution in [2.45, 2.75) is 13.2 Å². The average Bonchev–Trinajstić information content (AvgIpc) is 2.53. The van der Waals surface area contributed by atoms with Crippen molar-refractivity contribution in [2.24, 2.45) is 0 Å². The molecule has 4 nitrogen and oxygen atoms in total. The largest absolute Gasteiger partial charge is 0.380 e. The fourth-order valence-corrected chi connectivity index (χ4v) is 2.02. The van der Waals surface area contributed by atoms with Gasteiger partial charge in [0.1, 0.15) is 0 Å². The predicted molar refractivity (Wildman–Crippen MR) is 83.9 cm³/mol. The second-order valence-electron chi connectivity index (χ2n) is 4.70. The molecule has 0 unspecified atom stereocenters. The molecule has 0 fully saturated rings. The van der Waals surface area contributed by atoms with Gasteiger partial charge in [0.15, 0.2) is 0 Å². The zero-order valence-corrected chi connectivity index (χ0v) is 12.1. The van der Waals surface area contributed by atoms with Crippen LogP contribution in [0.3, 0.4) is 0 Å². The van der Waals surface area contributed by atoms with Crippen molar-refractivity contribution in [3.8, 4) is 0 Å². The number of amides is 1. The number of anilines is 1. The summed E-state index contributed by atoms with van der Waals surface area (Å²) in [6.07, 6.45) is 0. The van der Waals surface area contributed by atoms with Crippen LogP contribution in [-0.4, -0.2) is 19.6 Å². The number of benzene rings is 2. The van der Waals surface area contributed by atoms with Crippen molar-refractivity contribution in [3.05, 3.63) is 65.7 Å². The van der Waals surface area contributed by atoms with E-state index in [2.05, 4.69) is 10.6 Å². The summed E-state index contributed by atoms with van der Waals surface area (Å²) in [5.74, 6) is -0.0360. The van der Waals surface area contributed by atoms with Crippen LogP contribution in [0.4, 0.5) is 5.69 Å². The number of hydrogen-bond acceptors (Lipinski definition) is 3. The molecule has 0 heterocycles. The lowest BCUT2D eigenvalue weighted by Crippen LogP contribution is -2.29. The van der Waals surface area contributed by atoms with Gasteiger partial charge in [0.2, 0.25) is 5.91 Å². The summed E-state index contributed by atoms with van der Waals surface area (Å²) < 4.78 is 5.16. The van der Waals surface area contributed by atoms with Crippen LogP contribution in [0.5, 0.6) is 0 Å². The van der Waals surface area contributed by atoms with Crippen LogP contribution >= 0.6 is 0 Å². The van der Waals surface area contributed by atoms with Crippen molar-refractivity contribution in [1.29, 1.82) is 0 Å². The van der Waals surface area contributed by atoms with Crippen molar-refractivity contribution >= 4 is 11.6 Å². The molecule has 0 aliphatic heterocycles. The molecule has 0 saturated carbocycles. The highest BCUT2D eigenvalue weighted by Crippen LogP contribution is 2.09. The van der Waals surface area contributed by atoms with E-state index in [-0.39, 0.29) is 12.5 Å². The highest BCUT2D eigenvalue weighted by molar-refractivity contribution is 5.80. The van der Waals surface area contributed by atoms with Crippen LogP contribution in [-0.2, 0) is 22.7 Å². The van der Waals surface area contributed by atoms with Crippen LogP contribution in [0, 0.1) is 0 Å². The Balaban J connectivity index is 1.81. The third-order valence-electron chi connectivity index (χ3n) is 3.12. The summed E-state index contributed by atoms with van der Waals surface area (Å²) in [6.45, 7) is 1.32. The van der Waals surface area contributed by atoms with Crippen LogP contribution in [0.1, 0.15) is 11.1 Å². The van der Waals surface area contributed by atoms with Gasteiger partial charge in [-0.1, -0.05) is 42.5 Å². The first-order chi connectivity index (χ1) is 10.3. The van der Waals surface area contributed by atoms with Gasteiger partial charge in [0, 0.05) is 19.3 Å². The first-order valence-electron chi connectivity index (χ1n) is 6.91. The van der Waals surface area contributed by atoms with Crippen molar-refractivity contribution in [1.82, 2.24) is 5.32 Å². The maximum Gasteiger partial charge on any atom is 0.239 e. The number of para-hydroxylation sites is 1. The molecule has 110 valence electrons. The predicted octanol–water partition coefficient (Wildman–Crippen LogP) is 2.56. The highest BCUT2D eigenvalue weighted by Gasteiger charge is 2.04. The van der Waals surface area contributed by atoms with Crippen LogP contribution in [0.15, 0.2) is 54.6 Å². The van der Waals surface area contributed by atoms with Crippen LogP contribution < -0.4 is 10.6 Å². The number of methoxy groups -OCH3 is 1. The fraction of sp³-hybridized carbons (Fsp3) is 0.235. The number of ether oxygens (including phenoxy) is 1. The Hall–Kier alpha value is -2.33. The van der Waals surface area contributed by atoms with Gasteiger partial charge in [0.05, 0.1) is 13.2 Å². The van der Waals surface area contributed by atoms with Gasteiger partial charge in [-0.15, -0.1) is 0 Å². The van der Waals surface area contributed by atoms with Gasteiger partial charge in [-0.3, -0.25) is 4.79 Å². The van der Waals surface area contributed by atoms with Crippen molar-refractivity contribution in [3.63, 3.8) is 0 Å². The minimum atomic E-state index is -0.0360. The van der Waals surface area contributed by atoms with E-state index in [1.807, 2.05) is 54.6 Å². The van der Waals surface area contributed by atoms with Gasteiger partial charge < -0.3 is 15.4 Å². The molecule has 0 saturated heterocycles. The maximum atomic E-state index is 11.9. The van der Waals surface area contributed by atoms with Gasteiger partial charge in [-0.2, -0.15) is 0 Å².